The molecule has 0 aliphatic rings. The molecule has 0 aromatic carbocycles. The summed E-state index contributed by atoms with van der Waals surface area (Å²) in [6.45, 7) is 7.39. The summed E-state index contributed by atoms with van der Waals surface area (Å²) in [5.74, 6) is 0.363. The van der Waals surface area contributed by atoms with Crippen molar-refractivity contribution < 1.29 is 14.3 Å². The molecule has 2 aromatic rings. The number of furan rings is 1. The number of aromatic carboxylic acids is 1. The molecule has 22 heavy (non-hydrogen) atoms. The normalized spacial score (nSPS) is 10.5. The second kappa shape index (κ2) is 6.24. The van der Waals surface area contributed by atoms with Crippen LogP contribution >= 0.6 is 11.8 Å². The summed E-state index contributed by atoms with van der Waals surface area (Å²) in [4.78, 5) is 15.5. The maximum atomic E-state index is 11.0. The van der Waals surface area contributed by atoms with E-state index in [2.05, 4.69) is 11.1 Å². The highest BCUT2D eigenvalue weighted by atomic mass is 32.2. The third-order valence-electron chi connectivity index (χ3n) is 3.63. The van der Waals surface area contributed by atoms with Crippen molar-refractivity contribution >= 4 is 17.7 Å². The van der Waals surface area contributed by atoms with Crippen LogP contribution in [-0.2, 0) is 5.75 Å². The number of carbonyl (C=O) groups is 1. The molecule has 2 heterocycles. The molecule has 0 aliphatic heterocycles. The lowest BCUT2D eigenvalue weighted by Gasteiger charge is -2.10. The van der Waals surface area contributed by atoms with Crippen molar-refractivity contribution in [1.29, 1.82) is 5.26 Å². The Hall–Kier alpha value is -2.26. The molecular formula is C16H16N2O3S. The Morgan fingerprint density at radius 3 is 2.59 bits per heavy atom. The van der Waals surface area contributed by atoms with E-state index in [1.54, 1.807) is 6.92 Å². The van der Waals surface area contributed by atoms with Crippen molar-refractivity contribution in [3.63, 3.8) is 0 Å². The number of aromatic nitrogens is 1. The van der Waals surface area contributed by atoms with Crippen LogP contribution in [0.1, 0.15) is 44.3 Å². The molecule has 0 unspecified atom stereocenters. The second-order valence-electron chi connectivity index (χ2n) is 5.02. The lowest BCUT2D eigenvalue weighted by molar-refractivity contribution is 0.0695. The van der Waals surface area contributed by atoms with Gasteiger partial charge >= 0.3 is 5.97 Å². The Kier molecular flexibility index (Phi) is 4.57. The van der Waals surface area contributed by atoms with Crippen molar-refractivity contribution in [2.75, 3.05) is 0 Å². The molecule has 5 nitrogen and oxygen atoms in total. The summed E-state index contributed by atoms with van der Waals surface area (Å²) < 4.78 is 5.44. The number of hydrogen-bond donors (Lipinski definition) is 1. The number of nitriles is 1. The third-order valence-corrected chi connectivity index (χ3v) is 4.62. The number of rotatable bonds is 4. The number of hydrogen-bond acceptors (Lipinski definition) is 5. The minimum absolute atomic E-state index is 0.167. The SMILES string of the molecule is Cc1nc(SCc2cc(C(=O)O)c(C)o2)c(C#N)c(C)c1C. The number of thioether (sulfide) groups is 1. The van der Waals surface area contributed by atoms with Gasteiger partial charge in [-0.1, -0.05) is 11.8 Å². The molecule has 0 aliphatic carbocycles. The largest absolute Gasteiger partial charge is 0.478 e. The van der Waals surface area contributed by atoms with Gasteiger partial charge in [-0.3, -0.25) is 0 Å². The average molecular weight is 316 g/mol. The fraction of sp³-hybridized carbons (Fsp3) is 0.312. The predicted molar refractivity (Wildman–Crippen MR) is 83.1 cm³/mol. The minimum Gasteiger partial charge on any atom is -0.478 e. The third kappa shape index (κ3) is 3.00. The zero-order valence-electron chi connectivity index (χ0n) is 12.9. The monoisotopic (exact) mass is 316 g/mol. The first-order chi connectivity index (χ1) is 10.3. The van der Waals surface area contributed by atoms with Gasteiger partial charge in [0.25, 0.3) is 0 Å². The smallest absolute Gasteiger partial charge is 0.339 e. The summed E-state index contributed by atoms with van der Waals surface area (Å²) in [7, 11) is 0. The Morgan fingerprint density at radius 1 is 1.36 bits per heavy atom. The fourth-order valence-corrected chi connectivity index (χ4v) is 3.08. The van der Waals surface area contributed by atoms with Crippen molar-refractivity contribution in [2.45, 2.75) is 38.5 Å². The molecule has 0 bridgehead atoms. The Bertz CT molecular complexity index is 788. The van der Waals surface area contributed by atoms with Gasteiger partial charge in [0.1, 0.15) is 28.2 Å². The molecule has 0 atom stereocenters. The van der Waals surface area contributed by atoms with E-state index in [1.807, 2.05) is 20.8 Å². The lowest BCUT2D eigenvalue weighted by Crippen LogP contribution is -1.99. The predicted octanol–water partition coefficient (Wildman–Crippen LogP) is 3.77. The van der Waals surface area contributed by atoms with Crippen LogP contribution in [0.4, 0.5) is 0 Å². The van der Waals surface area contributed by atoms with E-state index in [0.717, 1.165) is 16.8 Å². The first-order valence-electron chi connectivity index (χ1n) is 6.68. The number of carboxylic acid groups (broad SMARTS) is 1. The van der Waals surface area contributed by atoms with Crippen LogP contribution in [0.15, 0.2) is 15.5 Å². The molecule has 114 valence electrons. The molecule has 6 heteroatoms. The van der Waals surface area contributed by atoms with Gasteiger partial charge in [-0.2, -0.15) is 5.26 Å². The lowest BCUT2D eigenvalue weighted by atomic mass is 10.1. The van der Waals surface area contributed by atoms with Gasteiger partial charge in [0, 0.05) is 5.69 Å². The standard InChI is InChI=1S/C16H16N2O3S/c1-8-9(2)14(6-17)15(18-10(8)3)22-7-12-5-13(16(19)20)11(4)21-12/h5H,7H2,1-4H3,(H,19,20). The summed E-state index contributed by atoms with van der Waals surface area (Å²) in [5, 5.41) is 19.0. The zero-order valence-corrected chi connectivity index (χ0v) is 13.7. The van der Waals surface area contributed by atoms with E-state index < -0.39 is 5.97 Å². The van der Waals surface area contributed by atoms with Crippen LogP contribution in [-0.4, -0.2) is 16.1 Å². The highest BCUT2D eigenvalue weighted by Crippen LogP contribution is 2.30. The Morgan fingerprint density at radius 2 is 2.05 bits per heavy atom. The highest BCUT2D eigenvalue weighted by molar-refractivity contribution is 7.98. The van der Waals surface area contributed by atoms with Gasteiger partial charge in [0.15, 0.2) is 0 Å². The van der Waals surface area contributed by atoms with Crippen LogP contribution in [0.5, 0.6) is 0 Å². The van der Waals surface area contributed by atoms with Gasteiger partial charge < -0.3 is 9.52 Å². The average Bonchev–Trinajstić information content (AvgIpc) is 2.84. The maximum absolute atomic E-state index is 11.0. The quantitative estimate of drug-likeness (QED) is 0.864. The van der Waals surface area contributed by atoms with Gasteiger partial charge in [-0.05, 0) is 44.9 Å². The van der Waals surface area contributed by atoms with Gasteiger partial charge in [0.2, 0.25) is 0 Å². The molecule has 0 saturated carbocycles. The van der Waals surface area contributed by atoms with E-state index in [1.165, 1.54) is 17.8 Å². The van der Waals surface area contributed by atoms with Crippen molar-refractivity contribution in [2.24, 2.45) is 0 Å². The van der Waals surface area contributed by atoms with Crippen molar-refractivity contribution in [1.82, 2.24) is 4.98 Å². The van der Waals surface area contributed by atoms with Crippen LogP contribution in [0.25, 0.3) is 0 Å². The van der Waals surface area contributed by atoms with Crippen LogP contribution < -0.4 is 0 Å². The van der Waals surface area contributed by atoms with Crippen LogP contribution in [0.3, 0.4) is 0 Å². The van der Waals surface area contributed by atoms with Gasteiger partial charge in [0.05, 0.1) is 11.3 Å². The van der Waals surface area contributed by atoms with Gasteiger partial charge in [-0.15, -0.1) is 0 Å². The van der Waals surface area contributed by atoms with Crippen molar-refractivity contribution in [3.05, 3.63) is 45.5 Å². The first-order valence-corrected chi connectivity index (χ1v) is 7.67. The number of aryl methyl sites for hydroxylation is 2. The summed E-state index contributed by atoms with van der Waals surface area (Å²) in [6, 6.07) is 3.71. The minimum atomic E-state index is -1.00. The summed E-state index contributed by atoms with van der Waals surface area (Å²) in [5.41, 5.74) is 3.57. The maximum Gasteiger partial charge on any atom is 0.339 e. The molecule has 2 rings (SSSR count). The van der Waals surface area contributed by atoms with Gasteiger partial charge in [-0.25, -0.2) is 9.78 Å². The number of carboxylic acids is 1. The molecule has 0 amide bonds. The molecule has 0 saturated heterocycles. The van der Waals surface area contributed by atoms with Crippen molar-refractivity contribution in [3.8, 4) is 6.07 Å². The second-order valence-corrected chi connectivity index (χ2v) is 5.98. The molecule has 0 spiro atoms. The summed E-state index contributed by atoms with van der Waals surface area (Å²) in [6.07, 6.45) is 0. The van der Waals surface area contributed by atoms with Crippen LogP contribution in [0.2, 0.25) is 0 Å². The van der Waals surface area contributed by atoms with E-state index in [0.29, 0.717) is 27.9 Å². The molecule has 0 fully saturated rings. The van der Waals surface area contributed by atoms with Crippen LogP contribution in [0, 0.1) is 39.0 Å². The number of pyridine rings is 1. The molecular weight excluding hydrogens is 300 g/mol. The molecule has 1 N–H and O–H groups in total. The Balaban J connectivity index is 2.28. The van der Waals surface area contributed by atoms with E-state index in [-0.39, 0.29) is 5.56 Å². The first kappa shape index (κ1) is 16.1. The van der Waals surface area contributed by atoms with E-state index >= 15 is 0 Å². The zero-order chi connectivity index (χ0) is 16.4. The fourth-order valence-electron chi connectivity index (χ4n) is 2.11. The number of nitrogens with zero attached hydrogens (tertiary/aromatic N) is 2. The highest BCUT2D eigenvalue weighted by Gasteiger charge is 2.16. The van der Waals surface area contributed by atoms with E-state index in [4.69, 9.17) is 9.52 Å². The Labute approximate surface area is 133 Å². The van der Waals surface area contributed by atoms with E-state index in [9.17, 15) is 10.1 Å². The molecule has 2 aromatic heterocycles. The molecule has 0 radical (unpaired) electrons. The summed E-state index contributed by atoms with van der Waals surface area (Å²) >= 11 is 1.38. The topological polar surface area (TPSA) is 87.1 Å².